The van der Waals surface area contributed by atoms with Crippen molar-refractivity contribution in [3.8, 4) is 6.07 Å². The molecule has 0 aliphatic carbocycles. The number of piperidine rings is 1. The first-order chi connectivity index (χ1) is 12.1. The second-order valence-electron chi connectivity index (χ2n) is 6.23. The van der Waals surface area contributed by atoms with Crippen LogP contribution >= 0.6 is 0 Å². The van der Waals surface area contributed by atoms with Crippen LogP contribution in [0.3, 0.4) is 0 Å². The van der Waals surface area contributed by atoms with E-state index in [4.69, 9.17) is 9.78 Å². The molecule has 1 atom stereocenters. The predicted molar refractivity (Wildman–Crippen MR) is 89.8 cm³/mol. The molecule has 25 heavy (non-hydrogen) atoms. The molecule has 0 radical (unpaired) electrons. The fraction of sp³-hybridized carbons (Fsp3) is 0.471. The molecule has 2 aromatic heterocycles. The zero-order valence-electron chi connectivity index (χ0n) is 14.3. The number of aromatic nitrogens is 3. The van der Waals surface area contributed by atoms with Crippen molar-refractivity contribution < 1.29 is 9.32 Å². The lowest BCUT2D eigenvalue weighted by molar-refractivity contribution is -0.131. The standard InChI is InChI=1S/C17H20N6O2/c1-12-20-17(25-21-12)14-4-3-7-23(10-14)16(24)11-22(2)15-6-5-13(8-18)9-19-15/h5-6,9,14H,3-4,7,10-11H2,1-2H3/t14-/m1/s1. The van der Waals surface area contributed by atoms with Crippen LogP contribution in [0.15, 0.2) is 22.9 Å². The summed E-state index contributed by atoms with van der Waals surface area (Å²) < 4.78 is 5.26. The number of pyridine rings is 1. The molecule has 8 heteroatoms. The minimum absolute atomic E-state index is 0.0367. The maximum atomic E-state index is 12.6. The molecular weight excluding hydrogens is 320 g/mol. The van der Waals surface area contributed by atoms with E-state index in [2.05, 4.69) is 15.1 Å². The summed E-state index contributed by atoms with van der Waals surface area (Å²) in [5.41, 5.74) is 0.497. The molecule has 0 bridgehead atoms. The SMILES string of the molecule is Cc1noc([C@@H]2CCCN(C(=O)CN(C)c3ccc(C#N)cn3)C2)n1. The Balaban J connectivity index is 1.61. The first-order valence-corrected chi connectivity index (χ1v) is 8.22. The number of likely N-dealkylation sites (tertiary alicyclic amines) is 1. The van der Waals surface area contributed by atoms with Crippen LogP contribution in [0.1, 0.15) is 36.0 Å². The van der Waals surface area contributed by atoms with Gasteiger partial charge in [-0.25, -0.2) is 4.98 Å². The summed E-state index contributed by atoms with van der Waals surface area (Å²) in [5.74, 6) is 2.02. The summed E-state index contributed by atoms with van der Waals surface area (Å²) in [4.78, 5) is 24.8. The molecule has 0 unspecified atom stereocenters. The zero-order chi connectivity index (χ0) is 17.8. The number of carbonyl (C=O) groups is 1. The van der Waals surface area contributed by atoms with Gasteiger partial charge in [0.1, 0.15) is 11.9 Å². The number of nitrogens with zero attached hydrogens (tertiary/aromatic N) is 6. The maximum Gasteiger partial charge on any atom is 0.242 e. The third kappa shape index (κ3) is 3.94. The van der Waals surface area contributed by atoms with Gasteiger partial charge in [0.05, 0.1) is 18.0 Å². The van der Waals surface area contributed by atoms with Gasteiger partial charge in [0.2, 0.25) is 11.8 Å². The molecule has 0 N–H and O–H groups in total. The van der Waals surface area contributed by atoms with Gasteiger partial charge in [-0.2, -0.15) is 10.2 Å². The predicted octanol–water partition coefficient (Wildman–Crippen LogP) is 1.49. The topological polar surface area (TPSA) is 99.2 Å². The second kappa shape index (κ2) is 7.30. The Labute approximate surface area is 146 Å². The number of likely N-dealkylation sites (N-methyl/N-ethyl adjacent to an activating group) is 1. The van der Waals surface area contributed by atoms with Crippen molar-refractivity contribution in [1.29, 1.82) is 5.26 Å². The van der Waals surface area contributed by atoms with Crippen molar-refractivity contribution in [2.75, 3.05) is 31.6 Å². The highest BCUT2D eigenvalue weighted by Gasteiger charge is 2.28. The minimum Gasteiger partial charge on any atom is -0.350 e. The summed E-state index contributed by atoms with van der Waals surface area (Å²) in [6.07, 6.45) is 3.36. The molecule has 1 fully saturated rings. The van der Waals surface area contributed by atoms with Crippen LogP contribution in [0.4, 0.5) is 5.82 Å². The first-order valence-electron chi connectivity index (χ1n) is 8.22. The zero-order valence-corrected chi connectivity index (χ0v) is 14.3. The quantitative estimate of drug-likeness (QED) is 0.831. The van der Waals surface area contributed by atoms with Gasteiger partial charge in [0, 0.05) is 26.3 Å². The van der Waals surface area contributed by atoms with E-state index < -0.39 is 0 Å². The number of carbonyl (C=O) groups excluding carboxylic acids is 1. The largest absolute Gasteiger partial charge is 0.350 e. The van der Waals surface area contributed by atoms with Crippen molar-refractivity contribution in [3.05, 3.63) is 35.6 Å². The molecular formula is C17H20N6O2. The molecule has 1 saturated heterocycles. The summed E-state index contributed by atoms with van der Waals surface area (Å²) in [5, 5.41) is 12.7. The Bertz CT molecular complexity index is 779. The van der Waals surface area contributed by atoms with Crippen molar-refractivity contribution in [3.63, 3.8) is 0 Å². The molecule has 1 amide bonds. The normalized spacial score (nSPS) is 17.2. The fourth-order valence-corrected chi connectivity index (χ4v) is 2.95. The van der Waals surface area contributed by atoms with Gasteiger partial charge in [0.15, 0.2) is 5.82 Å². The number of hydrogen-bond donors (Lipinski definition) is 0. The summed E-state index contributed by atoms with van der Waals surface area (Å²) in [6.45, 7) is 3.35. The monoisotopic (exact) mass is 340 g/mol. The van der Waals surface area contributed by atoms with E-state index in [-0.39, 0.29) is 18.4 Å². The maximum absolute atomic E-state index is 12.6. The Hall–Kier alpha value is -2.95. The van der Waals surface area contributed by atoms with E-state index in [1.807, 2.05) is 18.0 Å². The molecule has 1 aliphatic rings. The van der Waals surface area contributed by atoms with Crippen LogP contribution in [0.2, 0.25) is 0 Å². The van der Waals surface area contributed by atoms with E-state index in [0.29, 0.717) is 29.6 Å². The van der Waals surface area contributed by atoms with Crippen LogP contribution in [0.25, 0.3) is 0 Å². The Morgan fingerprint density at radius 1 is 1.52 bits per heavy atom. The molecule has 3 heterocycles. The summed E-state index contributed by atoms with van der Waals surface area (Å²) in [6, 6.07) is 5.47. The molecule has 8 nitrogen and oxygen atoms in total. The first kappa shape index (κ1) is 16.9. The number of hydrogen-bond acceptors (Lipinski definition) is 7. The van der Waals surface area contributed by atoms with Crippen LogP contribution in [0.5, 0.6) is 0 Å². The summed E-state index contributed by atoms with van der Waals surface area (Å²) >= 11 is 0. The van der Waals surface area contributed by atoms with Gasteiger partial charge in [-0.15, -0.1) is 0 Å². The molecule has 3 rings (SSSR count). The minimum atomic E-state index is 0.0367. The van der Waals surface area contributed by atoms with E-state index in [9.17, 15) is 4.79 Å². The van der Waals surface area contributed by atoms with Crippen molar-refractivity contribution in [2.45, 2.75) is 25.7 Å². The average Bonchev–Trinajstić information content (AvgIpc) is 3.08. The molecule has 130 valence electrons. The molecule has 2 aromatic rings. The highest BCUT2D eigenvalue weighted by molar-refractivity contribution is 5.81. The Kier molecular flexibility index (Phi) is 4.93. The molecule has 0 aromatic carbocycles. The fourth-order valence-electron chi connectivity index (χ4n) is 2.95. The van der Waals surface area contributed by atoms with E-state index in [0.717, 1.165) is 19.4 Å². The van der Waals surface area contributed by atoms with Gasteiger partial charge in [0.25, 0.3) is 0 Å². The number of aryl methyl sites for hydroxylation is 1. The molecule has 1 aliphatic heterocycles. The van der Waals surface area contributed by atoms with E-state index in [1.54, 1.807) is 24.0 Å². The third-order valence-electron chi connectivity index (χ3n) is 4.31. The lowest BCUT2D eigenvalue weighted by Gasteiger charge is -2.32. The van der Waals surface area contributed by atoms with Gasteiger partial charge >= 0.3 is 0 Å². The van der Waals surface area contributed by atoms with Gasteiger partial charge in [-0.1, -0.05) is 5.16 Å². The molecule has 0 spiro atoms. The van der Waals surface area contributed by atoms with Gasteiger partial charge < -0.3 is 14.3 Å². The second-order valence-corrected chi connectivity index (χ2v) is 6.23. The number of anilines is 1. The molecule has 0 saturated carbocycles. The lowest BCUT2D eigenvalue weighted by Crippen LogP contribution is -2.44. The van der Waals surface area contributed by atoms with E-state index in [1.165, 1.54) is 6.20 Å². The van der Waals surface area contributed by atoms with E-state index >= 15 is 0 Å². The van der Waals surface area contributed by atoms with Crippen LogP contribution in [-0.4, -0.2) is 52.6 Å². The third-order valence-corrected chi connectivity index (χ3v) is 4.31. The smallest absolute Gasteiger partial charge is 0.242 e. The Morgan fingerprint density at radius 3 is 3.00 bits per heavy atom. The average molecular weight is 340 g/mol. The van der Waals surface area contributed by atoms with Gasteiger partial charge in [-0.05, 0) is 31.9 Å². The highest BCUT2D eigenvalue weighted by atomic mass is 16.5. The summed E-state index contributed by atoms with van der Waals surface area (Å²) in [7, 11) is 1.81. The van der Waals surface area contributed by atoms with Crippen LogP contribution in [-0.2, 0) is 4.79 Å². The Morgan fingerprint density at radius 2 is 2.36 bits per heavy atom. The van der Waals surface area contributed by atoms with Crippen molar-refractivity contribution in [1.82, 2.24) is 20.0 Å². The highest BCUT2D eigenvalue weighted by Crippen LogP contribution is 2.25. The van der Waals surface area contributed by atoms with Crippen LogP contribution in [0, 0.1) is 18.3 Å². The number of nitriles is 1. The van der Waals surface area contributed by atoms with Crippen LogP contribution < -0.4 is 4.90 Å². The van der Waals surface area contributed by atoms with Gasteiger partial charge in [-0.3, -0.25) is 4.79 Å². The number of amides is 1. The van der Waals surface area contributed by atoms with Crippen molar-refractivity contribution in [2.24, 2.45) is 0 Å². The van der Waals surface area contributed by atoms with Crippen molar-refractivity contribution >= 4 is 11.7 Å². The number of rotatable bonds is 4. The lowest BCUT2D eigenvalue weighted by atomic mass is 9.98.